The van der Waals surface area contributed by atoms with Gasteiger partial charge in [-0.3, -0.25) is 13.9 Å². The van der Waals surface area contributed by atoms with Crippen molar-refractivity contribution in [1.29, 1.82) is 5.26 Å². The topological polar surface area (TPSA) is 158 Å². The first kappa shape index (κ1) is 25.7. The second kappa shape index (κ2) is 10.1. The van der Waals surface area contributed by atoms with Crippen LogP contribution in [0.15, 0.2) is 77.4 Å². The number of hydrogen-bond acceptors (Lipinski definition) is 8. The summed E-state index contributed by atoms with van der Waals surface area (Å²) in [6.45, 7) is 4.56. The van der Waals surface area contributed by atoms with Gasteiger partial charge in [-0.1, -0.05) is 18.2 Å². The molecule has 5 rings (SSSR count). The zero-order chi connectivity index (χ0) is 27.7. The molecule has 0 saturated carbocycles. The van der Waals surface area contributed by atoms with Crippen LogP contribution < -0.4 is 21.9 Å². The molecule has 0 radical (unpaired) electrons. The number of hydrogen-bond donors (Lipinski definition) is 2. The van der Waals surface area contributed by atoms with E-state index in [2.05, 4.69) is 9.97 Å². The van der Waals surface area contributed by atoms with Crippen LogP contribution in [0.3, 0.4) is 0 Å². The molecule has 39 heavy (non-hydrogen) atoms. The smallest absolute Gasteiger partial charge is 0.335 e. The number of para-hydroxylation sites is 1. The molecule has 3 heterocycles. The number of aromatic nitrogens is 4. The van der Waals surface area contributed by atoms with Gasteiger partial charge in [-0.2, -0.15) is 5.26 Å². The average Bonchev–Trinajstić information content (AvgIpc) is 3.17. The minimum Gasteiger partial charge on any atom is -0.457 e. The van der Waals surface area contributed by atoms with Gasteiger partial charge in [-0.25, -0.2) is 14.8 Å². The van der Waals surface area contributed by atoms with Gasteiger partial charge in [0.25, 0.3) is 5.91 Å². The van der Waals surface area contributed by atoms with Crippen LogP contribution in [0.25, 0.3) is 16.9 Å². The standard InChI is InChI=1S/C28H28N8O3/c1-28(2,31)12-19(13-29)26(37)34-14-18(15-34)16-35-25-23(24(30)32-17-33-25)36(27(35)38)20-8-10-22(11-9-20)39-21-6-4-3-5-7-21/h3-12,17-18H,14-16,31H2,1-2H3,(H2,30,32,33)/b19-12-. The average molecular weight is 525 g/mol. The highest BCUT2D eigenvalue weighted by Crippen LogP contribution is 2.26. The van der Waals surface area contributed by atoms with E-state index in [1.54, 1.807) is 47.6 Å². The Hall–Kier alpha value is -4.95. The fourth-order valence-corrected chi connectivity index (χ4v) is 4.59. The number of carbonyl (C=O) groups excluding carboxylic acids is 1. The van der Waals surface area contributed by atoms with Crippen LogP contribution in [0.4, 0.5) is 5.82 Å². The molecule has 11 heteroatoms. The molecule has 1 amide bonds. The number of nitrogens with two attached hydrogens (primary N) is 2. The number of nitrogen functional groups attached to an aromatic ring is 1. The highest BCUT2D eigenvalue weighted by molar-refractivity contribution is 5.98. The molecule has 1 fully saturated rings. The number of ether oxygens (including phenoxy) is 1. The van der Waals surface area contributed by atoms with E-state index in [9.17, 15) is 14.9 Å². The van der Waals surface area contributed by atoms with Gasteiger partial charge in [-0.05, 0) is 56.3 Å². The quantitative estimate of drug-likeness (QED) is 0.276. The van der Waals surface area contributed by atoms with Crippen molar-refractivity contribution in [3.05, 3.63) is 83.1 Å². The number of nitriles is 1. The molecule has 198 valence electrons. The van der Waals surface area contributed by atoms with Crippen LogP contribution in [0, 0.1) is 17.2 Å². The Morgan fingerprint density at radius 1 is 1.13 bits per heavy atom. The Bertz CT molecular complexity index is 1650. The molecule has 11 nitrogen and oxygen atoms in total. The third kappa shape index (κ3) is 5.23. The first-order valence-corrected chi connectivity index (χ1v) is 12.4. The Labute approximate surface area is 224 Å². The van der Waals surface area contributed by atoms with E-state index in [1.165, 1.54) is 17.0 Å². The third-order valence-electron chi connectivity index (χ3n) is 6.36. The third-order valence-corrected chi connectivity index (χ3v) is 6.36. The van der Waals surface area contributed by atoms with Gasteiger partial charge in [0.1, 0.15) is 35.0 Å². The summed E-state index contributed by atoms with van der Waals surface area (Å²) in [5, 5.41) is 9.41. The number of nitrogens with zero attached hydrogens (tertiary/aromatic N) is 6. The van der Waals surface area contributed by atoms with Gasteiger partial charge in [-0.15, -0.1) is 0 Å². The first-order valence-electron chi connectivity index (χ1n) is 12.4. The minimum atomic E-state index is -0.786. The fraction of sp³-hybridized carbons (Fsp3) is 0.250. The molecule has 4 aromatic rings. The SMILES string of the molecule is CC(C)(N)/C=C(/C#N)C(=O)N1CC(Cn2c(=O)n(-c3ccc(Oc4ccccc4)cc3)c3c(N)ncnc32)C1. The number of likely N-dealkylation sites (tertiary alicyclic amines) is 1. The Morgan fingerprint density at radius 3 is 2.44 bits per heavy atom. The number of carbonyl (C=O) groups is 1. The lowest BCUT2D eigenvalue weighted by molar-refractivity contribution is -0.133. The maximum atomic E-state index is 13.6. The molecular weight excluding hydrogens is 496 g/mol. The second-order valence-corrected chi connectivity index (χ2v) is 10.1. The minimum absolute atomic E-state index is 0.00521. The van der Waals surface area contributed by atoms with Crippen molar-refractivity contribution in [3.63, 3.8) is 0 Å². The molecule has 1 aliphatic rings. The summed E-state index contributed by atoms with van der Waals surface area (Å²) < 4.78 is 8.90. The summed E-state index contributed by atoms with van der Waals surface area (Å²) in [4.78, 5) is 36.4. The van der Waals surface area contributed by atoms with Crippen molar-refractivity contribution in [2.45, 2.75) is 25.9 Å². The van der Waals surface area contributed by atoms with Crippen molar-refractivity contribution in [1.82, 2.24) is 24.0 Å². The van der Waals surface area contributed by atoms with Crippen molar-refractivity contribution >= 4 is 22.9 Å². The van der Waals surface area contributed by atoms with Crippen LogP contribution in [0.2, 0.25) is 0 Å². The van der Waals surface area contributed by atoms with E-state index in [0.717, 1.165) is 0 Å². The number of rotatable bonds is 7. The van der Waals surface area contributed by atoms with Crippen LogP contribution in [-0.2, 0) is 11.3 Å². The Kier molecular flexibility index (Phi) is 6.64. The van der Waals surface area contributed by atoms with Gasteiger partial charge >= 0.3 is 5.69 Å². The number of imidazole rings is 1. The lowest BCUT2D eigenvalue weighted by atomic mass is 9.97. The zero-order valence-electron chi connectivity index (χ0n) is 21.6. The molecule has 0 aliphatic carbocycles. The highest BCUT2D eigenvalue weighted by atomic mass is 16.5. The van der Waals surface area contributed by atoms with E-state index < -0.39 is 5.54 Å². The largest absolute Gasteiger partial charge is 0.457 e. The summed E-state index contributed by atoms with van der Waals surface area (Å²) in [6, 6.07) is 18.4. The molecule has 1 aliphatic heterocycles. The van der Waals surface area contributed by atoms with E-state index >= 15 is 0 Å². The molecule has 0 spiro atoms. The molecule has 1 saturated heterocycles. The lowest BCUT2D eigenvalue weighted by Gasteiger charge is -2.39. The summed E-state index contributed by atoms with van der Waals surface area (Å²) in [5.41, 5.74) is 12.5. The van der Waals surface area contributed by atoms with Gasteiger partial charge < -0.3 is 21.1 Å². The Balaban J connectivity index is 1.39. The predicted molar refractivity (Wildman–Crippen MR) is 146 cm³/mol. The first-order chi connectivity index (χ1) is 18.6. The molecule has 0 bridgehead atoms. The van der Waals surface area contributed by atoms with Gasteiger partial charge in [0.05, 0.1) is 5.69 Å². The van der Waals surface area contributed by atoms with Crippen molar-refractivity contribution < 1.29 is 9.53 Å². The van der Waals surface area contributed by atoms with Crippen LogP contribution in [0.5, 0.6) is 11.5 Å². The van der Waals surface area contributed by atoms with Crippen molar-refractivity contribution in [3.8, 4) is 23.3 Å². The van der Waals surface area contributed by atoms with Crippen LogP contribution in [0.1, 0.15) is 13.8 Å². The summed E-state index contributed by atoms with van der Waals surface area (Å²) in [5.74, 6) is 1.13. The molecule has 2 aromatic heterocycles. The number of benzene rings is 2. The van der Waals surface area contributed by atoms with E-state index in [1.807, 2.05) is 36.4 Å². The van der Waals surface area contributed by atoms with Crippen LogP contribution in [-0.4, -0.2) is 48.5 Å². The van der Waals surface area contributed by atoms with Gasteiger partial charge in [0, 0.05) is 31.1 Å². The molecular formula is C28H28N8O3. The monoisotopic (exact) mass is 524 g/mol. The highest BCUT2D eigenvalue weighted by Gasteiger charge is 2.34. The number of anilines is 1. The summed E-state index contributed by atoms with van der Waals surface area (Å²) >= 11 is 0. The normalized spacial score (nSPS) is 14.2. The maximum Gasteiger partial charge on any atom is 0.335 e. The zero-order valence-corrected chi connectivity index (χ0v) is 21.6. The molecule has 0 atom stereocenters. The van der Waals surface area contributed by atoms with Gasteiger partial charge in [0.15, 0.2) is 11.5 Å². The number of amides is 1. The molecule has 0 unspecified atom stereocenters. The van der Waals surface area contributed by atoms with Crippen molar-refractivity contribution in [2.75, 3.05) is 18.8 Å². The van der Waals surface area contributed by atoms with E-state index in [4.69, 9.17) is 16.2 Å². The molecule has 4 N–H and O–H groups in total. The second-order valence-electron chi connectivity index (χ2n) is 10.1. The van der Waals surface area contributed by atoms with E-state index in [0.29, 0.717) is 48.0 Å². The Morgan fingerprint density at radius 2 is 1.79 bits per heavy atom. The number of fused-ring (bicyclic) bond motifs is 1. The van der Waals surface area contributed by atoms with Crippen molar-refractivity contribution in [2.24, 2.45) is 11.7 Å². The summed E-state index contributed by atoms with van der Waals surface area (Å²) in [6.07, 6.45) is 2.79. The predicted octanol–water partition coefficient (Wildman–Crippen LogP) is 2.60. The van der Waals surface area contributed by atoms with Crippen LogP contribution >= 0.6 is 0 Å². The van der Waals surface area contributed by atoms with E-state index in [-0.39, 0.29) is 28.9 Å². The lowest BCUT2D eigenvalue weighted by Crippen LogP contribution is -2.52. The van der Waals surface area contributed by atoms with Gasteiger partial charge in [0.2, 0.25) is 0 Å². The summed E-state index contributed by atoms with van der Waals surface area (Å²) in [7, 11) is 0. The fourth-order valence-electron chi connectivity index (χ4n) is 4.59. The maximum absolute atomic E-state index is 13.6. The molecule has 2 aromatic carbocycles.